The maximum Gasteiger partial charge on any atom is 0.200 e. The number of hydrogen-bond donors (Lipinski definition) is 0. The molecule has 0 fully saturated rings. The lowest BCUT2D eigenvalue weighted by atomic mass is 10.1. The minimum Gasteiger partial charge on any atom is -0.744 e. The second-order valence-electron chi connectivity index (χ2n) is 8.28. The van der Waals surface area contributed by atoms with Gasteiger partial charge < -0.3 is 8.97 Å². The van der Waals surface area contributed by atoms with Gasteiger partial charge in [-0.05, 0) is 60.7 Å². The molecular formula is C31H22O5S2. The SMILES string of the molecule is O=S(=O)([O-])c1ccccc1.O=c1c2ccccc2oc2ccc([S+](c3ccccc3)c3ccccc3)cc12. The molecule has 1 heterocycles. The zero-order valence-electron chi connectivity index (χ0n) is 20.1. The summed E-state index contributed by atoms with van der Waals surface area (Å²) in [6.45, 7) is 0. The van der Waals surface area contributed by atoms with E-state index in [4.69, 9.17) is 4.42 Å². The van der Waals surface area contributed by atoms with Gasteiger partial charge in [0.05, 0.1) is 26.6 Å². The molecule has 6 rings (SSSR count). The Hall–Kier alpha value is -4.17. The molecule has 5 nitrogen and oxygen atoms in total. The lowest BCUT2D eigenvalue weighted by molar-refractivity contribution is 0.463. The Kier molecular flexibility index (Phi) is 7.42. The Bertz CT molecular complexity index is 1810. The van der Waals surface area contributed by atoms with E-state index in [2.05, 4.69) is 54.6 Å². The van der Waals surface area contributed by atoms with Crippen LogP contribution in [0.4, 0.5) is 0 Å². The molecule has 0 unspecified atom stereocenters. The van der Waals surface area contributed by atoms with Crippen molar-refractivity contribution in [2.75, 3.05) is 0 Å². The summed E-state index contributed by atoms with van der Waals surface area (Å²) in [5, 5.41) is 1.24. The molecule has 0 amide bonds. The fourth-order valence-corrected chi connectivity index (χ4v) is 6.62. The summed E-state index contributed by atoms with van der Waals surface area (Å²) in [6, 6.07) is 41.4. The van der Waals surface area contributed by atoms with Crippen molar-refractivity contribution in [2.45, 2.75) is 19.6 Å². The smallest absolute Gasteiger partial charge is 0.200 e. The van der Waals surface area contributed by atoms with Crippen LogP contribution in [0.2, 0.25) is 0 Å². The predicted molar refractivity (Wildman–Crippen MR) is 149 cm³/mol. The summed E-state index contributed by atoms with van der Waals surface area (Å²) in [5.74, 6) is 0. The van der Waals surface area contributed by atoms with Crippen molar-refractivity contribution >= 4 is 43.0 Å². The minimum atomic E-state index is -4.25. The average molecular weight is 539 g/mol. The van der Waals surface area contributed by atoms with Crippen LogP contribution < -0.4 is 5.43 Å². The summed E-state index contributed by atoms with van der Waals surface area (Å²) in [6.07, 6.45) is 0. The number of hydrogen-bond acceptors (Lipinski definition) is 5. The van der Waals surface area contributed by atoms with Gasteiger partial charge in [0.1, 0.15) is 21.3 Å². The van der Waals surface area contributed by atoms with Gasteiger partial charge in [-0.15, -0.1) is 0 Å². The minimum absolute atomic E-state index is 0.0170. The van der Waals surface area contributed by atoms with Gasteiger partial charge in [-0.25, -0.2) is 8.42 Å². The van der Waals surface area contributed by atoms with E-state index in [1.54, 1.807) is 6.07 Å². The van der Waals surface area contributed by atoms with Gasteiger partial charge in [0.2, 0.25) is 5.43 Å². The third kappa shape index (κ3) is 5.55. The van der Waals surface area contributed by atoms with Crippen LogP contribution in [0.1, 0.15) is 0 Å². The van der Waals surface area contributed by atoms with Crippen LogP contribution in [0.15, 0.2) is 162 Å². The van der Waals surface area contributed by atoms with E-state index in [1.807, 2.05) is 48.5 Å². The third-order valence-electron chi connectivity index (χ3n) is 5.77. The highest BCUT2D eigenvalue weighted by Gasteiger charge is 2.29. The Morgan fingerprint density at radius 2 is 1.05 bits per heavy atom. The van der Waals surface area contributed by atoms with Crippen molar-refractivity contribution in [3.05, 3.63) is 144 Å². The molecule has 188 valence electrons. The van der Waals surface area contributed by atoms with E-state index in [0.717, 1.165) is 4.90 Å². The average Bonchev–Trinajstić information content (AvgIpc) is 2.95. The van der Waals surface area contributed by atoms with E-state index in [1.165, 1.54) is 34.1 Å². The Morgan fingerprint density at radius 1 is 0.553 bits per heavy atom. The molecule has 0 spiro atoms. The van der Waals surface area contributed by atoms with Gasteiger partial charge in [0, 0.05) is 6.07 Å². The molecule has 0 saturated carbocycles. The van der Waals surface area contributed by atoms with Gasteiger partial charge in [-0.2, -0.15) is 0 Å². The van der Waals surface area contributed by atoms with Crippen molar-refractivity contribution < 1.29 is 17.4 Å². The lowest BCUT2D eigenvalue weighted by Gasteiger charge is -2.09. The quantitative estimate of drug-likeness (QED) is 0.143. The maximum absolute atomic E-state index is 13.1. The van der Waals surface area contributed by atoms with E-state index < -0.39 is 10.1 Å². The molecule has 38 heavy (non-hydrogen) atoms. The second-order valence-corrected chi connectivity index (χ2v) is 11.7. The fraction of sp³-hybridized carbons (Fsp3) is 0. The van der Waals surface area contributed by atoms with Crippen LogP contribution in [0.25, 0.3) is 21.9 Å². The monoisotopic (exact) mass is 538 g/mol. The first kappa shape index (κ1) is 25.5. The third-order valence-corrected chi connectivity index (χ3v) is 8.83. The Balaban J connectivity index is 0.000000249. The van der Waals surface area contributed by atoms with Crippen LogP contribution in [-0.4, -0.2) is 13.0 Å². The largest absolute Gasteiger partial charge is 0.744 e. The first-order valence-electron chi connectivity index (χ1n) is 11.7. The molecule has 0 saturated heterocycles. The van der Waals surface area contributed by atoms with Gasteiger partial charge >= 0.3 is 0 Å². The maximum atomic E-state index is 13.1. The number of para-hydroxylation sites is 1. The molecule has 0 aliphatic carbocycles. The molecular weight excluding hydrogens is 516 g/mol. The molecule has 5 aromatic carbocycles. The first-order chi connectivity index (χ1) is 18.4. The predicted octanol–water partition coefficient (Wildman–Crippen LogP) is 6.63. The zero-order chi connectivity index (χ0) is 26.5. The van der Waals surface area contributed by atoms with Crippen LogP contribution >= 0.6 is 0 Å². The molecule has 7 heteroatoms. The van der Waals surface area contributed by atoms with Gasteiger partial charge in [-0.1, -0.05) is 66.7 Å². The molecule has 0 aliphatic rings. The van der Waals surface area contributed by atoms with Crippen LogP contribution in [0.5, 0.6) is 0 Å². The highest BCUT2D eigenvalue weighted by Crippen LogP contribution is 2.32. The normalized spacial score (nSPS) is 11.3. The summed E-state index contributed by atoms with van der Waals surface area (Å²) in [5.41, 5.74) is 1.26. The van der Waals surface area contributed by atoms with E-state index in [9.17, 15) is 17.8 Å². The number of fused-ring (bicyclic) bond motifs is 2. The van der Waals surface area contributed by atoms with Crippen molar-refractivity contribution in [2.24, 2.45) is 0 Å². The standard InChI is InChI=1S/C25H17O2S.C6H6O3S/c26-25-21-13-7-8-14-23(21)27-24-16-15-20(17-22(24)25)28(18-9-3-1-4-10-18)19-11-5-2-6-12-19;7-10(8,9)6-4-2-1-3-5-6/h1-17H;1-5H,(H,7,8,9)/q+1;/p-1. The first-order valence-corrected chi connectivity index (χ1v) is 14.4. The second kappa shape index (κ2) is 11.1. The molecule has 0 radical (unpaired) electrons. The van der Waals surface area contributed by atoms with Gasteiger partial charge in [-0.3, -0.25) is 4.79 Å². The van der Waals surface area contributed by atoms with Crippen molar-refractivity contribution in [3.8, 4) is 0 Å². The molecule has 0 aliphatic heterocycles. The van der Waals surface area contributed by atoms with Crippen molar-refractivity contribution in [1.29, 1.82) is 0 Å². The van der Waals surface area contributed by atoms with Gasteiger partial charge in [0.25, 0.3) is 0 Å². The molecule has 0 atom stereocenters. The number of benzene rings is 5. The van der Waals surface area contributed by atoms with Gasteiger partial charge in [0.15, 0.2) is 14.7 Å². The topological polar surface area (TPSA) is 87.4 Å². The van der Waals surface area contributed by atoms with Crippen LogP contribution in [0.3, 0.4) is 0 Å². The summed E-state index contributed by atoms with van der Waals surface area (Å²) < 4.78 is 36.8. The highest BCUT2D eigenvalue weighted by atomic mass is 32.2. The van der Waals surface area contributed by atoms with Crippen molar-refractivity contribution in [1.82, 2.24) is 0 Å². The molecule has 6 aromatic rings. The van der Waals surface area contributed by atoms with E-state index in [-0.39, 0.29) is 21.2 Å². The fourth-order valence-electron chi connectivity index (χ4n) is 4.02. The van der Waals surface area contributed by atoms with Crippen LogP contribution in [-0.2, 0) is 21.0 Å². The lowest BCUT2D eigenvalue weighted by Crippen LogP contribution is -2.07. The summed E-state index contributed by atoms with van der Waals surface area (Å²) in [4.78, 5) is 16.4. The Labute approximate surface area is 223 Å². The van der Waals surface area contributed by atoms with Crippen molar-refractivity contribution in [3.63, 3.8) is 0 Å². The molecule has 0 N–H and O–H groups in total. The van der Waals surface area contributed by atoms with Crippen LogP contribution in [0, 0.1) is 0 Å². The summed E-state index contributed by atoms with van der Waals surface area (Å²) in [7, 11) is -4.55. The Morgan fingerprint density at radius 3 is 1.61 bits per heavy atom. The number of rotatable bonds is 4. The molecule has 0 bridgehead atoms. The molecule has 1 aromatic heterocycles. The highest BCUT2D eigenvalue weighted by molar-refractivity contribution is 7.97. The van der Waals surface area contributed by atoms with E-state index >= 15 is 0 Å². The van der Waals surface area contributed by atoms with E-state index in [0.29, 0.717) is 21.9 Å². The summed E-state index contributed by atoms with van der Waals surface area (Å²) >= 11 is 0. The zero-order valence-corrected chi connectivity index (χ0v) is 21.7.